The lowest BCUT2D eigenvalue weighted by Gasteiger charge is -2.35. The number of rotatable bonds is 4. The molecule has 1 aromatic carbocycles. The number of amides is 4. The van der Waals surface area contributed by atoms with E-state index < -0.39 is 11.8 Å². The number of hydrogen-bond acceptors (Lipinski definition) is 6. The standard InChI is InChI=1S/C24H27ClFN7O3/c1-12-20(24(2,3)4)31-36-21(12)30-22(34)29-16-8-18(14(25)7-15(16)26)33-11-13-10-28-19(27-5)9-17(13)32(6)23(33)35/h7-10H,11H2,1-6H3,(H,27,28)(H2,29,30,34). The lowest BCUT2D eigenvalue weighted by atomic mass is 9.90. The van der Waals surface area contributed by atoms with E-state index in [2.05, 4.69) is 26.1 Å². The topological polar surface area (TPSA) is 116 Å². The maximum Gasteiger partial charge on any atom is 0.329 e. The number of nitrogens with one attached hydrogen (secondary N) is 3. The number of anilines is 5. The van der Waals surface area contributed by atoms with Gasteiger partial charge < -0.3 is 15.2 Å². The van der Waals surface area contributed by atoms with Crippen molar-refractivity contribution >= 4 is 52.4 Å². The molecule has 3 heterocycles. The zero-order valence-corrected chi connectivity index (χ0v) is 21.5. The summed E-state index contributed by atoms with van der Waals surface area (Å²) in [5.41, 5.74) is 2.64. The molecule has 0 aliphatic carbocycles. The zero-order valence-electron chi connectivity index (χ0n) is 20.8. The van der Waals surface area contributed by atoms with Gasteiger partial charge in [0.15, 0.2) is 0 Å². The number of halogens is 2. The molecule has 0 atom stereocenters. The summed E-state index contributed by atoms with van der Waals surface area (Å²) >= 11 is 6.33. The van der Waals surface area contributed by atoms with Gasteiger partial charge in [0.1, 0.15) is 11.6 Å². The molecular formula is C24H27ClFN7O3. The van der Waals surface area contributed by atoms with Crippen LogP contribution in [0.5, 0.6) is 0 Å². The average Bonchev–Trinajstić information content (AvgIpc) is 3.18. The first-order chi connectivity index (χ1) is 16.9. The van der Waals surface area contributed by atoms with Crippen LogP contribution in [0.4, 0.5) is 42.7 Å². The predicted octanol–water partition coefficient (Wildman–Crippen LogP) is 5.73. The average molecular weight is 516 g/mol. The number of nitrogens with zero attached hydrogens (tertiary/aromatic N) is 4. The molecule has 3 aromatic rings. The van der Waals surface area contributed by atoms with Gasteiger partial charge in [0.2, 0.25) is 5.88 Å². The Kier molecular flexibility index (Phi) is 6.52. The Labute approximate surface area is 212 Å². The third-order valence-corrected chi connectivity index (χ3v) is 6.17. The Bertz CT molecular complexity index is 1350. The van der Waals surface area contributed by atoms with E-state index in [9.17, 15) is 14.0 Å². The van der Waals surface area contributed by atoms with Crippen molar-refractivity contribution < 1.29 is 18.5 Å². The van der Waals surface area contributed by atoms with Crippen molar-refractivity contribution in [3.8, 4) is 0 Å². The van der Waals surface area contributed by atoms with Gasteiger partial charge in [-0.25, -0.2) is 19.0 Å². The van der Waals surface area contributed by atoms with Crippen LogP contribution < -0.4 is 25.8 Å². The number of urea groups is 2. The Hall–Kier alpha value is -3.86. The molecule has 0 bridgehead atoms. The van der Waals surface area contributed by atoms with Gasteiger partial charge in [-0.2, -0.15) is 0 Å². The van der Waals surface area contributed by atoms with Gasteiger partial charge in [0.25, 0.3) is 0 Å². The molecule has 0 radical (unpaired) electrons. The number of pyridine rings is 1. The Morgan fingerprint density at radius 3 is 2.56 bits per heavy atom. The van der Waals surface area contributed by atoms with Crippen LogP contribution in [-0.4, -0.2) is 36.3 Å². The highest BCUT2D eigenvalue weighted by Gasteiger charge is 2.31. The van der Waals surface area contributed by atoms with Crippen LogP contribution in [0.25, 0.3) is 0 Å². The number of carbonyl (C=O) groups excluding carboxylic acids is 2. The number of carbonyl (C=O) groups is 2. The van der Waals surface area contributed by atoms with Crippen LogP contribution in [0.2, 0.25) is 5.02 Å². The fraction of sp³-hybridized carbons (Fsp3) is 0.333. The SMILES string of the molecule is CNc1cc2c(cn1)CN(c1cc(NC(=O)Nc3onc(C(C)(C)C)c3C)c(F)cc1Cl)C(=O)N2C. The second-order valence-electron chi connectivity index (χ2n) is 9.47. The van der Waals surface area contributed by atoms with Gasteiger partial charge in [-0.05, 0) is 19.1 Å². The Morgan fingerprint density at radius 2 is 1.92 bits per heavy atom. The molecule has 36 heavy (non-hydrogen) atoms. The summed E-state index contributed by atoms with van der Waals surface area (Å²) in [7, 11) is 3.37. The minimum Gasteiger partial charge on any atom is -0.373 e. The molecule has 0 unspecified atom stereocenters. The molecule has 0 saturated heterocycles. The molecule has 190 valence electrons. The van der Waals surface area contributed by atoms with E-state index in [0.29, 0.717) is 22.8 Å². The molecule has 10 nitrogen and oxygen atoms in total. The van der Waals surface area contributed by atoms with Crippen molar-refractivity contribution in [3.63, 3.8) is 0 Å². The van der Waals surface area contributed by atoms with Crippen molar-refractivity contribution in [2.24, 2.45) is 0 Å². The van der Waals surface area contributed by atoms with E-state index in [1.807, 2.05) is 20.8 Å². The predicted molar refractivity (Wildman–Crippen MR) is 138 cm³/mol. The quantitative estimate of drug-likeness (QED) is 0.408. The number of aromatic nitrogens is 2. The minimum atomic E-state index is -0.762. The third-order valence-electron chi connectivity index (χ3n) is 5.86. The summed E-state index contributed by atoms with van der Waals surface area (Å²) < 4.78 is 20.0. The molecule has 1 aliphatic rings. The van der Waals surface area contributed by atoms with Crippen LogP contribution in [0.15, 0.2) is 28.9 Å². The molecule has 2 aromatic heterocycles. The van der Waals surface area contributed by atoms with Crippen LogP contribution in [0.1, 0.15) is 37.6 Å². The summed E-state index contributed by atoms with van der Waals surface area (Å²) in [6, 6.07) is 3.03. The molecule has 12 heteroatoms. The van der Waals surface area contributed by atoms with Gasteiger partial charge in [0.05, 0.1) is 34.3 Å². The van der Waals surface area contributed by atoms with Crippen LogP contribution in [0, 0.1) is 12.7 Å². The van der Waals surface area contributed by atoms with Crippen molar-refractivity contribution in [1.82, 2.24) is 10.1 Å². The maximum absolute atomic E-state index is 14.7. The van der Waals surface area contributed by atoms with E-state index in [4.69, 9.17) is 16.1 Å². The van der Waals surface area contributed by atoms with Crippen molar-refractivity contribution in [1.29, 1.82) is 0 Å². The number of fused-ring (bicyclic) bond motifs is 1. The summed E-state index contributed by atoms with van der Waals surface area (Å²) in [4.78, 5) is 33.0. The second-order valence-corrected chi connectivity index (χ2v) is 9.88. The summed E-state index contributed by atoms with van der Waals surface area (Å²) in [6.07, 6.45) is 1.66. The van der Waals surface area contributed by atoms with Crippen molar-refractivity contribution in [3.05, 3.63) is 52.1 Å². The fourth-order valence-corrected chi connectivity index (χ4v) is 4.26. The van der Waals surface area contributed by atoms with Gasteiger partial charge >= 0.3 is 12.1 Å². The van der Waals surface area contributed by atoms with E-state index >= 15 is 0 Å². The first-order valence-corrected chi connectivity index (χ1v) is 11.5. The highest BCUT2D eigenvalue weighted by molar-refractivity contribution is 6.34. The number of hydrogen-bond donors (Lipinski definition) is 3. The number of benzene rings is 1. The zero-order chi connectivity index (χ0) is 26.4. The highest BCUT2D eigenvalue weighted by Crippen LogP contribution is 2.37. The molecule has 4 rings (SSSR count). The molecule has 1 aliphatic heterocycles. The second kappa shape index (κ2) is 9.30. The summed E-state index contributed by atoms with van der Waals surface area (Å²) in [6.45, 7) is 7.86. The summed E-state index contributed by atoms with van der Waals surface area (Å²) in [5.74, 6) is 0.0165. The minimum absolute atomic E-state index is 0.0179. The third kappa shape index (κ3) is 4.66. The molecule has 4 amide bonds. The van der Waals surface area contributed by atoms with Gasteiger partial charge in [-0.3, -0.25) is 15.1 Å². The van der Waals surface area contributed by atoms with E-state index in [-0.39, 0.29) is 40.3 Å². The van der Waals surface area contributed by atoms with Gasteiger partial charge in [-0.1, -0.05) is 37.5 Å². The fourth-order valence-electron chi connectivity index (χ4n) is 4.00. The first-order valence-electron chi connectivity index (χ1n) is 11.2. The van der Waals surface area contributed by atoms with Crippen molar-refractivity contribution in [2.45, 2.75) is 39.7 Å². The van der Waals surface area contributed by atoms with Crippen LogP contribution in [0.3, 0.4) is 0 Å². The van der Waals surface area contributed by atoms with Crippen LogP contribution >= 0.6 is 11.6 Å². The monoisotopic (exact) mass is 515 g/mol. The van der Waals surface area contributed by atoms with Crippen LogP contribution in [-0.2, 0) is 12.0 Å². The van der Waals surface area contributed by atoms with Gasteiger partial charge in [-0.15, -0.1) is 0 Å². The molecular weight excluding hydrogens is 489 g/mol. The highest BCUT2D eigenvalue weighted by atomic mass is 35.5. The molecule has 3 N–H and O–H groups in total. The van der Waals surface area contributed by atoms with E-state index in [1.165, 1.54) is 15.9 Å². The maximum atomic E-state index is 14.7. The first kappa shape index (κ1) is 25.2. The van der Waals surface area contributed by atoms with E-state index in [0.717, 1.165) is 11.6 Å². The Morgan fingerprint density at radius 1 is 1.19 bits per heavy atom. The molecule has 0 spiro atoms. The smallest absolute Gasteiger partial charge is 0.329 e. The molecule has 0 fully saturated rings. The Balaban J connectivity index is 1.59. The van der Waals surface area contributed by atoms with E-state index in [1.54, 1.807) is 33.3 Å². The molecule has 0 saturated carbocycles. The van der Waals surface area contributed by atoms with Gasteiger partial charge in [0, 0.05) is 42.9 Å². The largest absolute Gasteiger partial charge is 0.373 e. The van der Waals surface area contributed by atoms with Crippen molar-refractivity contribution in [2.75, 3.05) is 39.8 Å². The lowest BCUT2D eigenvalue weighted by Crippen LogP contribution is -2.45. The normalized spacial score (nSPS) is 13.5. The lowest BCUT2D eigenvalue weighted by molar-refractivity contribution is 0.251. The summed E-state index contributed by atoms with van der Waals surface area (Å²) in [5, 5.41) is 12.0.